The molecule has 0 saturated carbocycles. The van der Waals surface area contributed by atoms with Gasteiger partial charge in [0.05, 0.1) is 0 Å². The Morgan fingerprint density at radius 3 is 2.54 bits per heavy atom. The Labute approximate surface area is 165 Å². The van der Waals surface area contributed by atoms with Crippen LogP contribution in [0.3, 0.4) is 0 Å². The molecule has 28 heavy (non-hydrogen) atoms. The minimum absolute atomic E-state index is 0.212. The van der Waals surface area contributed by atoms with E-state index in [0.29, 0.717) is 0 Å². The van der Waals surface area contributed by atoms with Gasteiger partial charge in [-0.05, 0) is 43.3 Å². The molecular formula is C22H25N5O. The number of ether oxygens (including phenoxy) is 1. The van der Waals surface area contributed by atoms with Crippen LogP contribution in [0.1, 0.15) is 36.5 Å². The maximum atomic E-state index is 6.48. The van der Waals surface area contributed by atoms with Gasteiger partial charge in [-0.15, -0.1) is 10.2 Å². The van der Waals surface area contributed by atoms with Gasteiger partial charge in [-0.25, -0.2) is 5.53 Å². The number of amidine groups is 1. The van der Waals surface area contributed by atoms with Gasteiger partial charge in [0.15, 0.2) is 5.84 Å². The molecule has 0 aromatic heterocycles. The van der Waals surface area contributed by atoms with E-state index in [1.165, 1.54) is 11.1 Å². The topological polar surface area (TPSA) is 60.9 Å². The second kappa shape index (κ2) is 6.96. The Bertz CT molecular complexity index is 928. The van der Waals surface area contributed by atoms with Gasteiger partial charge in [0.2, 0.25) is 0 Å². The van der Waals surface area contributed by atoms with Gasteiger partial charge < -0.3 is 10.1 Å². The summed E-state index contributed by atoms with van der Waals surface area (Å²) >= 11 is 0. The highest BCUT2D eigenvalue weighted by Gasteiger charge is 2.36. The molecule has 6 nitrogen and oxygen atoms in total. The van der Waals surface area contributed by atoms with Gasteiger partial charge in [0.1, 0.15) is 11.4 Å². The molecule has 0 radical (unpaired) electrons. The number of para-hydroxylation sites is 1. The van der Waals surface area contributed by atoms with Crippen molar-refractivity contribution in [1.29, 1.82) is 0 Å². The average molecular weight is 375 g/mol. The Balaban J connectivity index is 1.50. The van der Waals surface area contributed by atoms with Gasteiger partial charge in [-0.1, -0.05) is 42.5 Å². The molecule has 0 bridgehead atoms. The molecule has 5 rings (SSSR count). The monoisotopic (exact) mass is 375 g/mol. The third kappa shape index (κ3) is 3.04. The largest absolute Gasteiger partial charge is 0.482 e. The van der Waals surface area contributed by atoms with Crippen molar-refractivity contribution in [1.82, 2.24) is 21.4 Å². The first kappa shape index (κ1) is 17.3. The van der Waals surface area contributed by atoms with Crippen LogP contribution in [0.15, 0.2) is 59.7 Å². The number of nitrogens with one attached hydrogen (secondary N) is 3. The summed E-state index contributed by atoms with van der Waals surface area (Å²) < 4.78 is 6.48. The fraction of sp³-hybridized carbons (Fsp3) is 0.318. The van der Waals surface area contributed by atoms with Crippen LogP contribution < -0.4 is 21.0 Å². The van der Waals surface area contributed by atoms with Crippen molar-refractivity contribution in [2.45, 2.75) is 25.4 Å². The number of nitrogens with zero attached hydrogens (tertiary/aromatic N) is 2. The SMILES string of the molecule is CCN1NN=C(c2ccc(C3=CC4(CCNCC4)Oc4ccccc43)cc2)N1. The van der Waals surface area contributed by atoms with E-state index in [0.717, 1.165) is 55.2 Å². The molecule has 1 saturated heterocycles. The molecule has 2 aromatic rings. The lowest BCUT2D eigenvalue weighted by atomic mass is 9.83. The summed E-state index contributed by atoms with van der Waals surface area (Å²) in [5, 5.41) is 9.64. The molecule has 3 aliphatic rings. The van der Waals surface area contributed by atoms with E-state index < -0.39 is 0 Å². The van der Waals surface area contributed by atoms with Crippen molar-refractivity contribution in [2.75, 3.05) is 19.6 Å². The van der Waals surface area contributed by atoms with Crippen LogP contribution in [-0.4, -0.2) is 36.2 Å². The lowest BCUT2D eigenvalue weighted by Crippen LogP contribution is -2.46. The maximum absolute atomic E-state index is 6.48. The number of hydrazine groups is 2. The Hall–Kier alpha value is -2.83. The number of piperidine rings is 1. The molecule has 144 valence electrons. The number of fused-ring (bicyclic) bond motifs is 1. The van der Waals surface area contributed by atoms with Crippen LogP contribution in [0, 0.1) is 0 Å². The summed E-state index contributed by atoms with van der Waals surface area (Å²) in [6.07, 6.45) is 4.32. The number of hydrogen-bond acceptors (Lipinski definition) is 6. The second-order valence-electron chi connectivity index (χ2n) is 7.46. The van der Waals surface area contributed by atoms with Crippen molar-refractivity contribution in [2.24, 2.45) is 5.10 Å². The van der Waals surface area contributed by atoms with Gasteiger partial charge in [-0.2, -0.15) is 0 Å². The quantitative estimate of drug-likeness (QED) is 0.770. The smallest absolute Gasteiger partial charge is 0.170 e. The number of benzene rings is 2. The first-order valence-corrected chi connectivity index (χ1v) is 9.97. The highest BCUT2D eigenvalue weighted by molar-refractivity contribution is 5.99. The van der Waals surface area contributed by atoms with E-state index in [4.69, 9.17) is 4.74 Å². The van der Waals surface area contributed by atoms with Crippen molar-refractivity contribution in [3.63, 3.8) is 0 Å². The summed E-state index contributed by atoms with van der Waals surface area (Å²) in [5.41, 5.74) is 10.7. The lowest BCUT2D eigenvalue weighted by molar-refractivity contribution is 0.0817. The summed E-state index contributed by atoms with van der Waals surface area (Å²) in [7, 11) is 0. The Kier molecular flexibility index (Phi) is 4.30. The van der Waals surface area contributed by atoms with Crippen LogP contribution >= 0.6 is 0 Å². The molecule has 0 unspecified atom stereocenters. The van der Waals surface area contributed by atoms with E-state index in [2.05, 4.69) is 82.9 Å². The van der Waals surface area contributed by atoms with E-state index in [1.54, 1.807) is 0 Å². The van der Waals surface area contributed by atoms with Crippen molar-refractivity contribution >= 4 is 11.4 Å². The summed E-state index contributed by atoms with van der Waals surface area (Å²) in [4.78, 5) is 0. The van der Waals surface area contributed by atoms with E-state index >= 15 is 0 Å². The molecular weight excluding hydrogens is 350 g/mol. The molecule has 0 aliphatic carbocycles. The average Bonchev–Trinajstić information content (AvgIpc) is 3.23. The van der Waals surface area contributed by atoms with Crippen LogP contribution in [0.25, 0.3) is 5.57 Å². The standard InChI is InChI=1S/C22H25N5O/c1-2-27-25-21(24-26-27)17-9-7-16(8-10-17)19-15-22(11-13-23-14-12-22)28-20-6-4-3-5-18(19)20/h3-10,15,23,26H,2,11-14H2,1H3,(H,24,25). The molecule has 1 spiro atoms. The predicted molar refractivity (Wildman–Crippen MR) is 111 cm³/mol. The van der Waals surface area contributed by atoms with E-state index in [9.17, 15) is 0 Å². The van der Waals surface area contributed by atoms with Crippen LogP contribution in [-0.2, 0) is 0 Å². The zero-order chi connectivity index (χ0) is 19.0. The van der Waals surface area contributed by atoms with Crippen molar-refractivity contribution in [3.05, 3.63) is 71.3 Å². The molecule has 3 aliphatic heterocycles. The Morgan fingerprint density at radius 2 is 1.79 bits per heavy atom. The van der Waals surface area contributed by atoms with Gasteiger partial charge in [0, 0.05) is 30.5 Å². The number of hydrazone groups is 1. The maximum Gasteiger partial charge on any atom is 0.170 e. The van der Waals surface area contributed by atoms with E-state index in [-0.39, 0.29) is 5.60 Å². The third-order valence-corrected chi connectivity index (χ3v) is 5.66. The van der Waals surface area contributed by atoms with Crippen molar-refractivity contribution < 1.29 is 4.74 Å². The Morgan fingerprint density at radius 1 is 1.04 bits per heavy atom. The summed E-state index contributed by atoms with van der Waals surface area (Å²) in [6.45, 7) is 4.85. The van der Waals surface area contributed by atoms with Gasteiger partial charge in [0.25, 0.3) is 0 Å². The summed E-state index contributed by atoms with van der Waals surface area (Å²) in [6, 6.07) is 17.0. The first-order chi connectivity index (χ1) is 13.8. The molecule has 0 amide bonds. The van der Waals surface area contributed by atoms with Crippen LogP contribution in [0.2, 0.25) is 0 Å². The normalized spacial score (nSPS) is 20.5. The van der Waals surface area contributed by atoms with Crippen LogP contribution in [0.5, 0.6) is 5.75 Å². The van der Waals surface area contributed by atoms with Gasteiger partial charge >= 0.3 is 0 Å². The first-order valence-electron chi connectivity index (χ1n) is 9.97. The zero-order valence-electron chi connectivity index (χ0n) is 16.0. The molecule has 6 heteroatoms. The predicted octanol–water partition coefficient (Wildman–Crippen LogP) is 2.64. The molecule has 2 aromatic carbocycles. The molecule has 3 heterocycles. The fourth-order valence-electron chi connectivity index (χ4n) is 4.08. The second-order valence-corrected chi connectivity index (χ2v) is 7.46. The fourth-order valence-corrected chi connectivity index (χ4v) is 4.08. The van der Waals surface area contributed by atoms with E-state index in [1.807, 2.05) is 5.12 Å². The number of rotatable bonds is 3. The zero-order valence-corrected chi connectivity index (χ0v) is 16.0. The highest BCUT2D eigenvalue weighted by atomic mass is 16.5. The lowest BCUT2D eigenvalue weighted by Gasteiger charge is -2.40. The minimum Gasteiger partial charge on any atom is -0.482 e. The minimum atomic E-state index is -0.212. The highest BCUT2D eigenvalue weighted by Crippen LogP contribution is 2.42. The molecule has 1 fully saturated rings. The van der Waals surface area contributed by atoms with Gasteiger partial charge in [-0.3, -0.25) is 5.43 Å². The summed E-state index contributed by atoms with van der Waals surface area (Å²) in [5.74, 6) is 1.82. The van der Waals surface area contributed by atoms with Crippen LogP contribution in [0.4, 0.5) is 0 Å². The molecule has 3 N–H and O–H groups in total. The van der Waals surface area contributed by atoms with Crippen molar-refractivity contribution in [3.8, 4) is 5.75 Å². The molecule has 0 atom stereocenters. The number of hydrogen-bond donors (Lipinski definition) is 3. The third-order valence-electron chi connectivity index (χ3n) is 5.66.